The number of halogens is 1. The molecule has 0 aliphatic rings. The average Bonchev–Trinajstić information content (AvgIpc) is 2.34. The number of aliphatic hydroxyl groups excluding tert-OH is 1. The average molecular weight is 267 g/mol. The number of para-hydroxylation sites is 1. The van der Waals surface area contributed by atoms with Gasteiger partial charge < -0.3 is 10.0 Å². The van der Waals surface area contributed by atoms with E-state index in [2.05, 4.69) is 25.7 Å². The molecule has 0 aliphatic heterocycles. The highest BCUT2D eigenvalue weighted by Gasteiger charge is 2.20. The molecule has 108 valence electrons. The first-order valence-corrected chi connectivity index (χ1v) is 7.22. The van der Waals surface area contributed by atoms with Gasteiger partial charge in [-0.2, -0.15) is 0 Å². The summed E-state index contributed by atoms with van der Waals surface area (Å²) in [6.45, 7) is 8.79. The SMILES string of the molecule is CCCCCN(c1c(F)cccc1[C@@H](C)O)C(C)C. The molecule has 0 aromatic heterocycles. The van der Waals surface area contributed by atoms with Crippen molar-refractivity contribution in [2.75, 3.05) is 11.4 Å². The van der Waals surface area contributed by atoms with Crippen LogP contribution in [0.2, 0.25) is 0 Å². The quantitative estimate of drug-likeness (QED) is 0.745. The Kier molecular flexibility index (Phi) is 6.29. The van der Waals surface area contributed by atoms with Crippen LogP contribution >= 0.6 is 0 Å². The van der Waals surface area contributed by atoms with E-state index in [9.17, 15) is 9.50 Å². The number of anilines is 1. The first-order chi connectivity index (χ1) is 8.99. The van der Waals surface area contributed by atoms with Gasteiger partial charge in [-0.1, -0.05) is 31.9 Å². The molecule has 1 atom stereocenters. The van der Waals surface area contributed by atoms with E-state index in [1.54, 1.807) is 19.1 Å². The van der Waals surface area contributed by atoms with Crippen molar-refractivity contribution < 1.29 is 9.50 Å². The van der Waals surface area contributed by atoms with Crippen LogP contribution in [0.5, 0.6) is 0 Å². The molecule has 1 aromatic rings. The van der Waals surface area contributed by atoms with E-state index in [1.807, 2.05) is 0 Å². The fourth-order valence-corrected chi connectivity index (χ4v) is 2.33. The molecule has 3 heteroatoms. The van der Waals surface area contributed by atoms with Gasteiger partial charge in [0.15, 0.2) is 0 Å². The summed E-state index contributed by atoms with van der Waals surface area (Å²) in [7, 11) is 0. The van der Waals surface area contributed by atoms with Gasteiger partial charge in [-0.05, 0) is 33.3 Å². The van der Waals surface area contributed by atoms with Crippen molar-refractivity contribution >= 4 is 5.69 Å². The fourth-order valence-electron chi connectivity index (χ4n) is 2.33. The largest absolute Gasteiger partial charge is 0.389 e. The number of hydrogen-bond acceptors (Lipinski definition) is 2. The molecule has 1 rings (SSSR count). The van der Waals surface area contributed by atoms with Crippen molar-refractivity contribution in [3.8, 4) is 0 Å². The number of aliphatic hydroxyl groups is 1. The minimum absolute atomic E-state index is 0.214. The van der Waals surface area contributed by atoms with Crippen LogP contribution in [0.1, 0.15) is 58.6 Å². The fraction of sp³-hybridized carbons (Fsp3) is 0.625. The number of unbranched alkanes of at least 4 members (excludes halogenated alkanes) is 2. The lowest BCUT2D eigenvalue weighted by molar-refractivity contribution is 0.199. The maximum absolute atomic E-state index is 14.2. The molecule has 19 heavy (non-hydrogen) atoms. The van der Waals surface area contributed by atoms with Crippen molar-refractivity contribution in [3.63, 3.8) is 0 Å². The molecule has 0 saturated heterocycles. The minimum atomic E-state index is -0.655. The zero-order valence-corrected chi connectivity index (χ0v) is 12.5. The van der Waals surface area contributed by atoms with Gasteiger partial charge in [0.1, 0.15) is 5.82 Å². The second-order valence-corrected chi connectivity index (χ2v) is 5.35. The zero-order chi connectivity index (χ0) is 14.4. The van der Waals surface area contributed by atoms with Crippen LogP contribution in [0.25, 0.3) is 0 Å². The molecule has 0 aliphatic carbocycles. The predicted molar refractivity (Wildman–Crippen MR) is 79.0 cm³/mol. The third-order valence-electron chi connectivity index (χ3n) is 3.38. The molecule has 0 saturated carbocycles. The number of nitrogens with zero attached hydrogens (tertiary/aromatic N) is 1. The molecule has 1 aromatic carbocycles. The summed E-state index contributed by atoms with van der Waals surface area (Å²) in [6, 6.07) is 5.14. The first-order valence-electron chi connectivity index (χ1n) is 7.22. The van der Waals surface area contributed by atoms with Crippen LogP contribution < -0.4 is 4.90 Å². The Morgan fingerprint density at radius 3 is 2.42 bits per heavy atom. The summed E-state index contributed by atoms with van der Waals surface area (Å²) in [6.07, 6.45) is 2.68. The van der Waals surface area contributed by atoms with E-state index < -0.39 is 6.10 Å². The van der Waals surface area contributed by atoms with Crippen molar-refractivity contribution in [1.82, 2.24) is 0 Å². The molecule has 0 spiro atoms. The highest BCUT2D eigenvalue weighted by atomic mass is 19.1. The maximum Gasteiger partial charge on any atom is 0.146 e. The lowest BCUT2D eigenvalue weighted by Gasteiger charge is -2.32. The van der Waals surface area contributed by atoms with Crippen molar-refractivity contribution in [2.45, 2.75) is 59.1 Å². The standard InChI is InChI=1S/C16H26FNO/c1-5-6-7-11-18(12(2)3)16-14(13(4)19)9-8-10-15(16)17/h8-10,12-13,19H,5-7,11H2,1-4H3/t13-/m1/s1. The van der Waals surface area contributed by atoms with E-state index in [1.165, 1.54) is 6.07 Å². The summed E-state index contributed by atoms with van der Waals surface area (Å²) in [5.74, 6) is -0.247. The third kappa shape index (κ3) is 4.20. The molecule has 0 bridgehead atoms. The van der Waals surface area contributed by atoms with Crippen LogP contribution in [0.3, 0.4) is 0 Å². The van der Waals surface area contributed by atoms with E-state index in [0.717, 1.165) is 25.8 Å². The van der Waals surface area contributed by atoms with E-state index >= 15 is 0 Å². The van der Waals surface area contributed by atoms with Gasteiger partial charge in [0, 0.05) is 18.2 Å². The minimum Gasteiger partial charge on any atom is -0.389 e. The molecular formula is C16H26FNO. The van der Waals surface area contributed by atoms with Crippen molar-refractivity contribution in [3.05, 3.63) is 29.6 Å². The van der Waals surface area contributed by atoms with Gasteiger partial charge in [0.2, 0.25) is 0 Å². The molecular weight excluding hydrogens is 241 g/mol. The van der Waals surface area contributed by atoms with Gasteiger partial charge in [-0.3, -0.25) is 0 Å². The van der Waals surface area contributed by atoms with Gasteiger partial charge in [-0.25, -0.2) is 4.39 Å². The molecule has 2 nitrogen and oxygen atoms in total. The summed E-state index contributed by atoms with van der Waals surface area (Å²) >= 11 is 0. The zero-order valence-electron chi connectivity index (χ0n) is 12.5. The van der Waals surface area contributed by atoms with Gasteiger partial charge >= 0.3 is 0 Å². The van der Waals surface area contributed by atoms with Gasteiger partial charge in [0.05, 0.1) is 11.8 Å². The molecule has 0 unspecified atom stereocenters. The number of hydrogen-bond donors (Lipinski definition) is 1. The van der Waals surface area contributed by atoms with Crippen molar-refractivity contribution in [2.24, 2.45) is 0 Å². The summed E-state index contributed by atoms with van der Waals surface area (Å²) in [5.41, 5.74) is 1.23. The number of rotatable bonds is 7. The van der Waals surface area contributed by atoms with E-state index in [4.69, 9.17) is 0 Å². The first kappa shape index (κ1) is 16.0. The second kappa shape index (κ2) is 7.49. The second-order valence-electron chi connectivity index (χ2n) is 5.35. The highest BCUT2D eigenvalue weighted by molar-refractivity contribution is 5.56. The Morgan fingerprint density at radius 2 is 1.89 bits per heavy atom. The smallest absolute Gasteiger partial charge is 0.146 e. The molecule has 0 fully saturated rings. The predicted octanol–water partition coefficient (Wildman–Crippen LogP) is 4.28. The monoisotopic (exact) mass is 267 g/mol. The Balaban J connectivity index is 3.07. The highest BCUT2D eigenvalue weighted by Crippen LogP contribution is 2.31. The van der Waals surface area contributed by atoms with Crippen LogP contribution in [-0.4, -0.2) is 17.7 Å². The Labute approximate surface area is 116 Å². The molecule has 1 N–H and O–H groups in total. The van der Waals surface area contributed by atoms with Crippen LogP contribution in [0.4, 0.5) is 10.1 Å². The number of benzene rings is 1. The lowest BCUT2D eigenvalue weighted by atomic mass is 10.0. The Hall–Kier alpha value is -1.09. The molecule has 0 heterocycles. The topological polar surface area (TPSA) is 23.5 Å². The lowest BCUT2D eigenvalue weighted by Crippen LogP contribution is -2.33. The van der Waals surface area contributed by atoms with Crippen molar-refractivity contribution in [1.29, 1.82) is 0 Å². The summed E-state index contributed by atoms with van der Waals surface area (Å²) in [5, 5.41) is 9.84. The Morgan fingerprint density at radius 1 is 1.21 bits per heavy atom. The van der Waals surface area contributed by atoms with E-state index in [0.29, 0.717) is 11.3 Å². The Bertz CT molecular complexity index is 390. The van der Waals surface area contributed by atoms with Gasteiger partial charge in [0.25, 0.3) is 0 Å². The summed E-state index contributed by atoms with van der Waals surface area (Å²) in [4.78, 5) is 2.06. The maximum atomic E-state index is 14.2. The van der Waals surface area contributed by atoms with E-state index in [-0.39, 0.29) is 11.9 Å². The third-order valence-corrected chi connectivity index (χ3v) is 3.38. The summed E-state index contributed by atoms with van der Waals surface area (Å²) < 4.78 is 14.2. The van der Waals surface area contributed by atoms with Crippen LogP contribution in [0, 0.1) is 5.82 Å². The molecule has 0 amide bonds. The normalized spacial score (nSPS) is 12.8. The van der Waals surface area contributed by atoms with Gasteiger partial charge in [-0.15, -0.1) is 0 Å². The molecule has 0 radical (unpaired) electrons. The van der Waals surface area contributed by atoms with Crippen LogP contribution in [0.15, 0.2) is 18.2 Å². The van der Waals surface area contributed by atoms with Crippen LogP contribution in [-0.2, 0) is 0 Å².